The molecule has 0 aromatic carbocycles. The van der Waals surface area contributed by atoms with Crippen LogP contribution in [-0.2, 0) is 4.74 Å². The second-order valence-electron chi connectivity index (χ2n) is 2.60. The lowest BCUT2D eigenvalue weighted by molar-refractivity contribution is 0.0813. The molecule has 0 aliphatic carbocycles. The summed E-state index contributed by atoms with van der Waals surface area (Å²) in [6.07, 6.45) is 1.76. The number of ether oxygens (including phenoxy) is 1. The number of nitrogens with zero attached hydrogens (tertiary/aromatic N) is 1. The molecule has 5 heteroatoms. The molecular formula is C7H15N3O2. The van der Waals surface area contributed by atoms with E-state index in [0.29, 0.717) is 13.2 Å². The molecule has 1 saturated heterocycles. The van der Waals surface area contributed by atoms with Gasteiger partial charge in [-0.25, -0.2) is 15.2 Å². The lowest BCUT2D eigenvalue weighted by Crippen LogP contribution is -2.49. The Morgan fingerprint density at radius 2 is 2.42 bits per heavy atom. The third kappa shape index (κ3) is 2.67. The summed E-state index contributed by atoms with van der Waals surface area (Å²) in [5.74, 6) is 0. The van der Waals surface area contributed by atoms with Gasteiger partial charge < -0.3 is 4.74 Å². The predicted molar refractivity (Wildman–Crippen MR) is 44.1 cm³/mol. The largest absolute Gasteiger partial charge is 0.449 e. The molecule has 0 unspecified atom stereocenters. The van der Waals surface area contributed by atoms with Crippen LogP contribution in [0.4, 0.5) is 4.79 Å². The molecule has 0 radical (unpaired) electrons. The summed E-state index contributed by atoms with van der Waals surface area (Å²) >= 11 is 0. The lowest BCUT2D eigenvalue weighted by atomic mass is 10.3. The van der Waals surface area contributed by atoms with Crippen LogP contribution in [0.15, 0.2) is 0 Å². The van der Waals surface area contributed by atoms with Crippen molar-refractivity contribution >= 4 is 6.09 Å². The van der Waals surface area contributed by atoms with Crippen molar-refractivity contribution in [1.82, 2.24) is 16.0 Å². The Morgan fingerprint density at radius 3 is 3.17 bits per heavy atom. The maximum atomic E-state index is 11.2. The van der Waals surface area contributed by atoms with Crippen molar-refractivity contribution in [1.29, 1.82) is 0 Å². The zero-order valence-corrected chi connectivity index (χ0v) is 7.30. The van der Waals surface area contributed by atoms with Gasteiger partial charge in [0.05, 0.1) is 6.61 Å². The van der Waals surface area contributed by atoms with E-state index in [9.17, 15) is 4.79 Å². The molecule has 0 aromatic heterocycles. The second-order valence-corrected chi connectivity index (χ2v) is 2.60. The summed E-state index contributed by atoms with van der Waals surface area (Å²) < 4.78 is 4.82. The molecule has 1 amide bonds. The predicted octanol–water partition coefficient (Wildman–Crippen LogP) is 0.248. The van der Waals surface area contributed by atoms with E-state index in [-0.39, 0.29) is 6.09 Å². The van der Waals surface area contributed by atoms with Gasteiger partial charge in [-0.3, -0.25) is 0 Å². The highest BCUT2D eigenvalue weighted by Crippen LogP contribution is 1.97. The van der Waals surface area contributed by atoms with Crippen LogP contribution >= 0.6 is 0 Å². The third-order valence-electron chi connectivity index (χ3n) is 1.64. The molecule has 1 heterocycles. The van der Waals surface area contributed by atoms with E-state index in [1.54, 1.807) is 6.92 Å². The van der Waals surface area contributed by atoms with Gasteiger partial charge in [0, 0.05) is 13.1 Å². The molecule has 1 fully saturated rings. The lowest BCUT2D eigenvalue weighted by Gasteiger charge is -2.19. The Morgan fingerprint density at radius 1 is 1.58 bits per heavy atom. The Hall–Kier alpha value is -0.810. The summed E-state index contributed by atoms with van der Waals surface area (Å²) in [4.78, 5) is 11.2. The molecule has 5 nitrogen and oxygen atoms in total. The average molecular weight is 173 g/mol. The maximum absolute atomic E-state index is 11.2. The Kier molecular flexibility index (Phi) is 3.83. The van der Waals surface area contributed by atoms with E-state index in [4.69, 9.17) is 4.74 Å². The number of carbonyl (C=O) groups excluding carboxylic acids is 1. The van der Waals surface area contributed by atoms with Gasteiger partial charge in [0.2, 0.25) is 0 Å². The fourth-order valence-corrected chi connectivity index (χ4v) is 1.03. The molecule has 2 N–H and O–H groups in total. The quantitative estimate of drug-likeness (QED) is 0.596. The van der Waals surface area contributed by atoms with Crippen LogP contribution < -0.4 is 11.0 Å². The summed E-state index contributed by atoms with van der Waals surface area (Å²) in [7, 11) is 0. The highest BCUT2D eigenvalue weighted by Gasteiger charge is 2.14. The highest BCUT2D eigenvalue weighted by molar-refractivity contribution is 5.66. The smallest absolute Gasteiger partial charge is 0.425 e. The van der Waals surface area contributed by atoms with Crippen LogP contribution in [0.2, 0.25) is 0 Å². The Bertz CT molecular complexity index is 144. The first-order valence-electron chi connectivity index (χ1n) is 4.27. The molecule has 1 rings (SSSR count). The first kappa shape index (κ1) is 9.28. The number of amides is 1. The first-order valence-corrected chi connectivity index (χ1v) is 4.27. The van der Waals surface area contributed by atoms with Crippen molar-refractivity contribution in [3.8, 4) is 0 Å². The van der Waals surface area contributed by atoms with Crippen molar-refractivity contribution < 1.29 is 9.53 Å². The highest BCUT2D eigenvalue weighted by atomic mass is 16.6. The van der Waals surface area contributed by atoms with Crippen LogP contribution in [0.1, 0.15) is 19.8 Å². The molecule has 0 atom stereocenters. The normalized spacial score (nSPS) is 18.6. The topological polar surface area (TPSA) is 53.6 Å². The molecular weight excluding hydrogens is 158 g/mol. The maximum Gasteiger partial charge on any atom is 0.425 e. The molecule has 12 heavy (non-hydrogen) atoms. The van der Waals surface area contributed by atoms with Crippen LogP contribution in [0.3, 0.4) is 0 Å². The summed E-state index contributed by atoms with van der Waals surface area (Å²) in [6, 6.07) is 0. The zero-order chi connectivity index (χ0) is 8.81. The van der Waals surface area contributed by atoms with Crippen molar-refractivity contribution in [2.24, 2.45) is 0 Å². The van der Waals surface area contributed by atoms with E-state index >= 15 is 0 Å². The minimum atomic E-state index is -0.313. The average Bonchev–Trinajstić information content (AvgIpc) is 2.32. The van der Waals surface area contributed by atoms with E-state index in [2.05, 4.69) is 11.0 Å². The zero-order valence-electron chi connectivity index (χ0n) is 7.30. The molecule has 0 bridgehead atoms. The van der Waals surface area contributed by atoms with E-state index < -0.39 is 0 Å². The molecule has 0 saturated carbocycles. The minimum Gasteiger partial charge on any atom is -0.449 e. The second kappa shape index (κ2) is 4.95. The van der Waals surface area contributed by atoms with E-state index in [0.717, 1.165) is 19.4 Å². The summed E-state index contributed by atoms with van der Waals surface area (Å²) in [5, 5.41) is 1.45. The van der Waals surface area contributed by atoms with Crippen LogP contribution in [-0.4, -0.2) is 30.8 Å². The number of carbonyl (C=O) groups is 1. The fourth-order valence-electron chi connectivity index (χ4n) is 1.03. The number of nitrogens with one attached hydrogen (secondary N) is 2. The van der Waals surface area contributed by atoms with Gasteiger partial charge in [0.25, 0.3) is 0 Å². The number of hydrogen-bond donors (Lipinski definition) is 2. The van der Waals surface area contributed by atoms with Crippen molar-refractivity contribution in [2.75, 3.05) is 19.7 Å². The van der Waals surface area contributed by atoms with Crippen LogP contribution in [0.25, 0.3) is 0 Å². The van der Waals surface area contributed by atoms with Gasteiger partial charge in [-0.1, -0.05) is 0 Å². The standard InChI is InChI=1S/C7H15N3O2/c1-2-12-7(11)10-6-4-3-5-8-9-10/h8-9H,2-6H2,1H3. The number of rotatable bonds is 1. The van der Waals surface area contributed by atoms with Crippen molar-refractivity contribution in [2.45, 2.75) is 19.8 Å². The van der Waals surface area contributed by atoms with E-state index in [1.807, 2.05) is 0 Å². The van der Waals surface area contributed by atoms with Gasteiger partial charge in [-0.05, 0) is 19.8 Å². The molecule has 0 spiro atoms. The van der Waals surface area contributed by atoms with Gasteiger partial charge in [-0.15, -0.1) is 0 Å². The molecule has 1 aliphatic rings. The molecule has 0 aromatic rings. The van der Waals surface area contributed by atoms with E-state index in [1.165, 1.54) is 5.01 Å². The van der Waals surface area contributed by atoms with Crippen LogP contribution in [0, 0.1) is 0 Å². The number of hydrazine groups is 2. The van der Waals surface area contributed by atoms with Crippen LogP contribution in [0.5, 0.6) is 0 Å². The molecule has 1 aliphatic heterocycles. The van der Waals surface area contributed by atoms with Gasteiger partial charge in [-0.2, -0.15) is 5.53 Å². The summed E-state index contributed by atoms with van der Waals surface area (Å²) in [5.41, 5.74) is 5.69. The Balaban J connectivity index is 2.32. The first-order chi connectivity index (χ1) is 5.84. The Labute approximate surface area is 72.0 Å². The van der Waals surface area contributed by atoms with Crippen molar-refractivity contribution in [3.05, 3.63) is 0 Å². The van der Waals surface area contributed by atoms with Gasteiger partial charge in [0.1, 0.15) is 0 Å². The van der Waals surface area contributed by atoms with Gasteiger partial charge in [0.15, 0.2) is 0 Å². The minimum absolute atomic E-state index is 0.313. The fraction of sp³-hybridized carbons (Fsp3) is 0.857. The third-order valence-corrected chi connectivity index (χ3v) is 1.64. The number of hydrogen-bond acceptors (Lipinski definition) is 4. The SMILES string of the molecule is CCOC(=O)N1CCCCNN1. The molecule has 70 valence electrons. The monoisotopic (exact) mass is 173 g/mol. The van der Waals surface area contributed by atoms with Gasteiger partial charge >= 0.3 is 6.09 Å². The summed E-state index contributed by atoms with van der Waals surface area (Å²) in [6.45, 7) is 3.79. The van der Waals surface area contributed by atoms with Crippen molar-refractivity contribution in [3.63, 3.8) is 0 Å².